The molecule has 0 heterocycles. The van der Waals surface area contributed by atoms with Gasteiger partial charge in [0, 0.05) is 6.54 Å². The molecule has 0 radical (unpaired) electrons. The Morgan fingerprint density at radius 3 is 2.71 bits per heavy atom. The van der Waals surface area contributed by atoms with Crippen molar-refractivity contribution in [1.29, 1.82) is 0 Å². The highest BCUT2D eigenvalue weighted by atomic mass is 16.5. The minimum absolute atomic E-state index is 0.354. The van der Waals surface area contributed by atoms with Crippen molar-refractivity contribution in [2.45, 2.75) is 44.8 Å². The molecular weight excluding hydrogens is 264 g/mol. The van der Waals surface area contributed by atoms with Crippen molar-refractivity contribution >= 4 is 5.91 Å². The summed E-state index contributed by atoms with van der Waals surface area (Å²) in [6, 6.07) is 9.12. The van der Waals surface area contributed by atoms with Gasteiger partial charge < -0.3 is 10.5 Å². The van der Waals surface area contributed by atoms with Gasteiger partial charge >= 0.3 is 0 Å². The van der Waals surface area contributed by atoms with E-state index in [4.69, 9.17) is 10.5 Å². The molecule has 1 aromatic carbocycles. The number of benzene rings is 1. The van der Waals surface area contributed by atoms with Crippen molar-refractivity contribution in [3.8, 4) is 0 Å². The van der Waals surface area contributed by atoms with E-state index in [0.29, 0.717) is 25.2 Å². The Morgan fingerprint density at radius 2 is 2.05 bits per heavy atom. The van der Waals surface area contributed by atoms with E-state index in [-0.39, 0.29) is 5.91 Å². The fraction of sp³-hybridized carbons (Fsp3) is 0.588. The lowest BCUT2D eigenvalue weighted by molar-refractivity contribution is -0.120. The molecule has 116 valence electrons. The van der Waals surface area contributed by atoms with Crippen LogP contribution >= 0.6 is 0 Å². The number of carbonyl (C=O) groups is 1. The van der Waals surface area contributed by atoms with Crippen LogP contribution in [0.25, 0.3) is 0 Å². The predicted molar refractivity (Wildman–Crippen MR) is 83.8 cm³/mol. The molecule has 3 atom stereocenters. The summed E-state index contributed by atoms with van der Waals surface area (Å²) >= 11 is 0. The van der Waals surface area contributed by atoms with Crippen LogP contribution < -0.4 is 11.1 Å². The molecule has 0 saturated heterocycles. The van der Waals surface area contributed by atoms with Crippen LogP contribution in [0.4, 0.5) is 0 Å². The first-order chi connectivity index (χ1) is 10.2. The summed E-state index contributed by atoms with van der Waals surface area (Å²) in [6.45, 7) is 3.50. The van der Waals surface area contributed by atoms with Gasteiger partial charge in [0.25, 0.3) is 0 Å². The third-order valence-electron chi connectivity index (χ3n) is 4.23. The molecule has 1 aromatic rings. The number of ether oxygens (including phenoxy) is 1. The van der Waals surface area contributed by atoms with Crippen LogP contribution in [0.1, 0.15) is 44.2 Å². The summed E-state index contributed by atoms with van der Waals surface area (Å²) < 4.78 is 5.95. The number of nitrogens with two attached hydrogens (primary N) is 1. The van der Waals surface area contributed by atoms with Crippen molar-refractivity contribution in [3.05, 3.63) is 35.9 Å². The average molecular weight is 290 g/mol. The number of carbonyl (C=O) groups excluding carboxylic acids is 1. The Hall–Kier alpha value is -1.39. The van der Waals surface area contributed by atoms with Gasteiger partial charge in [-0.05, 0) is 24.3 Å². The Morgan fingerprint density at radius 1 is 1.33 bits per heavy atom. The Labute approximate surface area is 127 Å². The molecule has 3 N–H and O–H groups in total. The summed E-state index contributed by atoms with van der Waals surface area (Å²) in [5.41, 5.74) is 6.37. The number of nitrogens with one attached hydrogen (secondary N) is 1. The first kappa shape index (κ1) is 16.0. The van der Waals surface area contributed by atoms with Crippen LogP contribution in [-0.2, 0) is 9.53 Å². The van der Waals surface area contributed by atoms with Gasteiger partial charge in [-0.25, -0.2) is 0 Å². The molecule has 4 heteroatoms. The molecule has 1 aliphatic rings. The smallest absolute Gasteiger partial charge is 0.239 e. The minimum atomic E-state index is -0.446. The molecule has 1 amide bonds. The minimum Gasteiger partial charge on any atom is -0.377 e. The van der Waals surface area contributed by atoms with E-state index < -0.39 is 6.04 Å². The van der Waals surface area contributed by atoms with E-state index in [1.54, 1.807) is 0 Å². The van der Waals surface area contributed by atoms with E-state index in [1.807, 2.05) is 30.3 Å². The highest BCUT2D eigenvalue weighted by molar-refractivity contribution is 5.81. The second-order valence-corrected chi connectivity index (χ2v) is 5.87. The Kier molecular flexibility index (Phi) is 6.21. The van der Waals surface area contributed by atoms with Gasteiger partial charge in [-0.3, -0.25) is 10.1 Å². The lowest BCUT2D eigenvalue weighted by Gasteiger charge is -2.29. The van der Waals surface area contributed by atoms with E-state index in [0.717, 1.165) is 12.0 Å². The molecule has 0 aromatic heterocycles. The van der Waals surface area contributed by atoms with E-state index in [2.05, 4.69) is 12.2 Å². The molecule has 1 aliphatic carbocycles. The van der Waals surface area contributed by atoms with Gasteiger partial charge in [0.2, 0.25) is 5.91 Å². The van der Waals surface area contributed by atoms with Crippen LogP contribution in [0.2, 0.25) is 0 Å². The molecule has 2 rings (SSSR count). The monoisotopic (exact) mass is 290 g/mol. The zero-order valence-electron chi connectivity index (χ0n) is 12.8. The number of hydrogen-bond donors (Lipinski definition) is 2. The molecule has 1 fully saturated rings. The quantitative estimate of drug-likeness (QED) is 0.758. The van der Waals surface area contributed by atoms with Crippen LogP contribution in [0.15, 0.2) is 30.3 Å². The standard InChI is InChI=1S/C17H26N2O2/c1-13-7-5-6-10-15(13)21-12-11-19-16(17(18)20)14-8-3-2-4-9-14/h2-4,8-9,13,15-16,19H,5-7,10-12H2,1H3,(H2,18,20)/t13-,15-,16+/m1/s1. The molecule has 0 unspecified atom stereocenters. The van der Waals surface area contributed by atoms with Gasteiger partial charge in [0.1, 0.15) is 6.04 Å². The Balaban J connectivity index is 1.76. The van der Waals surface area contributed by atoms with E-state index in [1.165, 1.54) is 19.3 Å². The van der Waals surface area contributed by atoms with Gasteiger partial charge in [-0.15, -0.1) is 0 Å². The first-order valence-electron chi connectivity index (χ1n) is 7.87. The summed E-state index contributed by atoms with van der Waals surface area (Å²) in [6.07, 6.45) is 5.35. The zero-order valence-corrected chi connectivity index (χ0v) is 12.8. The fourth-order valence-corrected chi connectivity index (χ4v) is 2.97. The largest absolute Gasteiger partial charge is 0.377 e. The summed E-state index contributed by atoms with van der Waals surface area (Å²) in [7, 11) is 0. The van der Waals surface area contributed by atoms with Gasteiger partial charge in [-0.1, -0.05) is 50.1 Å². The van der Waals surface area contributed by atoms with Crippen LogP contribution in [-0.4, -0.2) is 25.2 Å². The van der Waals surface area contributed by atoms with Gasteiger partial charge in [0.15, 0.2) is 0 Å². The lowest BCUT2D eigenvalue weighted by atomic mass is 9.88. The van der Waals surface area contributed by atoms with Gasteiger partial charge in [-0.2, -0.15) is 0 Å². The maximum Gasteiger partial charge on any atom is 0.239 e. The molecular formula is C17H26N2O2. The predicted octanol–water partition coefficient (Wildman–Crippen LogP) is 2.40. The summed E-state index contributed by atoms with van der Waals surface area (Å²) in [4.78, 5) is 11.6. The first-order valence-corrected chi connectivity index (χ1v) is 7.87. The van der Waals surface area contributed by atoms with E-state index >= 15 is 0 Å². The van der Waals surface area contributed by atoms with Crippen LogP contribution in [0.3, 0.4) is 0 Å². The van der Waals surface area contributed by atoms with Crippen LogP contribution in [0.5, 0.6) is 0 Å². The zero-order chi connectivity index (χ0) is 15.1. The molecule has 4 nitrogen and oxygen atoms in total. The fourth-order valence-electron chi connectivity index (χ4n) is 2.97. The lowest BCUT2D eigenvalue weighted by Crippen LogP contribution is -2.36. The van der Waals surface area contributed by atoms with E-state index in [9.17, 15) is 4.79 Å². The maximum absolute atomic E-state index is 11.6. The average Bonchev–Trinajstić information content (AvgIpc) is 2.49. The SMILES string of the molecule is C[C@@H]1CCCC[C@H]1OCCN[C@H](C(N)=O)c1ccccc1. The maximum atomic E-state index is 11.6. The molecule has 0 bridgehead atoms. The second kappa shape index (κ2) is 8.15. The Bertz CT molecular complexity index is 436. The van der Waals surface area contributed by atoms with Gasteiger partial charge in [0.05, 0.1) is 12.7 Å². The number of amides is 1. The summed E-state index contributed by atoms with van der Waals surface area (Å²) in [5.74, 6) is 0.284. The highest BCUT2D eigenvalue weighted by Crippen LogP contribution is 2.26. The molecule has 0 aliphatic heterocycles. The van der Waals surface area contributed by atoms with Crippen molar-refractivity contribution in [3.63, 3.8) is 0 Å². The molecule has 1 saturated carbocycles. The normalized spacial score (nSPS) is 23.7. The van der Waals surface area contributed by atoms with Crippen molar-refractivity contribution < 1.29 is 9.53 Å². The third-order valence-corrected chi connectivity index (χ3v) is 4.23. The second-order valence-electron chi connectivity index (χ2n) is 5.87. The van der Waals surface area contributed by atoms with Crippen molar-refractivity contribution in [2.24, 2.45) is 11.7 Å². The number of hydrogen-bond acceptors (Lipinski definition) is 3. The van der Waals surface area contributed by atoms with Crippen molar-refractivity contribution in [2.75, 3.05) is 13.2 Å². The summed E-state index contributed by atoms with van der Waals surface area (Å²) in [5, 5.41) is 3.19. The molecule has 0 spiro atoms. The third kappa shape index (κ3) is 4.83. The number of rotatable bonds is 7. The topological polar surface area (TPSA) is 64.3 Å². The highest BCUT2D eigenvalue weighted by Gasteiger charge is 2.22. The number of primary amides is 1. The molecule has 21 heavy (non-hydrogen) atoms. The van der Waals surface area contributed by atoms with Crippen LogP contribution in [0, 0.1) is 5.92 Å². The van der Waals surface area contributed by atoms with Crippen molar-refractivity contribution in [1.82, 2.24) is 5.32 Å².